The van der Waals surface area contributed by atoms with Crippen LogP contribution < -0.4 is 0 Å². The molecular formula is C14H16FNO3. The van der Waals surface area contributed by atoms with Crippen molar-refractivity contribution in [1.29, 1.82) is 0 Å². The average molecular weight is 265 g/mol. The average Bonchev–Trinajstić information content (AvgIpc) is 2.72. The number of aryl methyl sites for hydroxylation is 1. The minimum atomic E-state index is -0.997. The van der Waals surface area contributed by atoms with Gasteiger partial charge in [-0.15, -0.1) is 0 Å². The van der Waals surface area contributed by atoms with Crippen LogP contribution in [0.4, 0.5) is 4.39 Å². The number of rotatable bonds is 6. The Morgan fingerprint density at radius 2 is 2.16 bits per heavy atom. The molecule has 0 aliphatic rings. The SMILES string of the molecule is COCCCCn1c(C(=O)O)cc2cc(F)ccc21. The molecule has 1 aromatic heterocycles. The quantitative estimate of drug-likeness (QED) is 0.817. The lowest BCUT2D eigenvalue weighted by Gasteiger charge is -2.08. The number of nitrogens with zero attached hydrogens (tertiary/aromatic N) is 1. The van der Waals surface area contributed by atoms with Crippen LogP contribution >= 0.6 is 0 Å². The van der Waals surface area contributed by atoms with Gasteiger partial charge in [-0.2, -0.15) is 0 Å². The van der Waals surface area contributed by atoms with E-state index in [0.29, 0.717) is 18.5 Å². The van der Waals surface area contributed by atoms with E-state index in [4.69, 9.17) is 4.74 Å². The fourth-order valence-corrected chi connectivity index (χ4v) is 2.18. The van der Waals surface area contributed by atoms with Crippen LogP contribution in [0.5, 0.6) is 0 Å². The third kappa shape index (κ3) is 2.93. The fraction of sp³-hybridized carbons (Fsp3) is 0.357. The van der Waals surface area contributed by atoms with Crippen molar-refractivity contribution in [2.75, 3.05) is 13.7 Å². The van der Waals surface area contributed by atoms with E-state index in [9.17, 15) is 14.3 Å². The molecule has 1 aromatic carbocycles. The van der Waals surface area contributed by atoms with E-state index in [-0.39, 0.29) is 11.5 Å². The zero-order chi connectivity index (χ0) is 13.8. The second kappa shape index (κ2) is 5.84. The summed E-state index contributed by atoms with van der Waals surface area (Å²) in [5.41, 5.74) is 0.939. The predicted molar refractivity (Wildman–Crippen MR) is 70.0 cm³/mol. The number of hydrogen-bond acceptors (Lipinski definition) is 2. The van der Waals surface area contributed by atoms with Gasteiger partial charge in [0.05, 0.1) is 0 Å². The van der Waals surface area contributed by atoms with E-state index in [1.165, 1.54) is 18.2 Å². The number of aromatic carboxylic acids is 1. The van der Waals surface area contributed by atoms with E-state index in [2.05, 4.69) is 0 Å². The molecule has 1 N–H and O–H groups in total. The molecule has 0 aliphatic carbocycles. The summed E-state index contributed by atoms with van der Waals surface area (Å²) in [7, 11) is 1.64. The molecular weight excluding hydrogens is 249 g/mol. The number of carbonyl (C=O) groups is 1. The molecule has 0 fully saturated rings. The molecule has 2 aromatic rings. The maximum Gasteiger partial charge on any atom is 0.352 e. The van der Waals surface area contributed by atoms with E-state index >= 15 is 0 Å². The zero-order valence-electron chi connectivity index (χ0n) is 10.7. The number of benzene rings is 1. The Labute approximate surface area is 110 Å². The summed E-state index contributed by atoms with van der Waals surface area (Å²) >= 11 is 0. The minimum absolute atomic E-state index is 0.193. The monoisotopic (exact) mass is 265 g/mol. The van der Waals surface area contributed by atoms with Gasteiger partial charge < -0.3 is 14.4 Å². The number of ether oxygens (including phenoxy) is 1. The maximum atomic E-state index is 13.2. The van der Waals surface area contributed by atoms with Crippen LogP contribution in [0, 0.1) is 5.82 Å². The van der Waals surface area contributed by atoms with Crippen LogP contribution in [0.1, 0.15) is 23.3 Å². The Bertz CT molecular complexity index is 592. The number of carboxylic acids is 1. The van der Waals surface area contributed by atoms with Crippen molar-refractivity contribution >= 4 is 16.9 Å². The first-order valence-corrected chi connectivity index (χ1v) is 6.14. The molecule has 5 heteroatoms. The molecule has 19 heavy (non-hydrogen) atoms. The van der Waals surface area contributed by atoms with Crippen LogP contribution in [-0.2, 0) is 11.3 Å². The van der Waals surface area contributed by atoms with Gasteiger partial charge in [-0.05, 0) is 37.1 Å². The summed E-state index contributed by atoms with van der Waals surface area (Å²) in [5.74, 6) is -1.36. The van der Waals surface area contributed by atoms with Crippen LogP contribution in [0.3, 0.4) is 0 Å². The smallest absolute Gasteiger partial charge is 0.352 e. The van der Waals surface area contributed by atoms with Crippen molar-refractivity contribution in [2.24, 2.45) is 0 Å². The van der Waals surface area contributed by atoms with Gasteiger partial charge in [0.15, 0.2) is 0 Å². The third-order valence-corrected chi connectivity index (χ3v) is 3.06. The summed E-state index contributed by atoms with van der Waals surface area (Å²) < 4.78 is 19.8. The Kier molecular flexibility index (Phi) is 4.16. The first kappa shape index (κ1) is 13.5. The van der Waals surface area contributed by atoms with Gasteiger partial charge in [-0.25, -0.2) is 9.18 Å². The van der Waals surface area contributed by atoms with Crippen LogP contribution in [0.15, 0.2) is 24.3 Å². The Balaban J connectivity index is 2.32. The van der Waals surface area contributed by atoms with Crippen molar-refractivity contribution in [2.45, 2.75) is 19.4 Å². The molecule has 1 heterocycles. The largest absolute Gasteiger partial charge is 0.477 e. The van der Waals surface area contributed by atoms with E-state index in [0.717, 1.165) is 18.4 Å². The fourth-order valence-electron chi connectivity index (χ4n) is 2.18. The summed E-state index contributed by atoms with van der Waals surface area (Å²) in [6.45, 7) is 1.23. The number of unbranched alkanes of at least 4 members (excludes halogenated alkanes) is 1. The number of hydrogen-bond donors (Lipinski definition) is 1. The van der Waals surface area contributed by atoms with E-state index in [1.54, 1.807) is 17.7 Å². The number of aromatic nitrogens is 1. The lowest BCUT2D eigenvalue weighted by molar-refractivity contribution is 0.0685. The molecule has 4 nitrogen and oxygen atoms in total. The second-order valence-corrected chi connectivity index (χ2v) is 4.39. The van der Waals surface area contributed by atoms with Crippen LogP contribution in [0.2, 0.25) is 0 Å². The number of carboxylic acid groups (broad SMARTS) is 1. The number of halogens is 1. The molecule has 102 valence electrons. The zero-order valence-corrected chi connectivity index (χ0v) is 10.7. The van der Waals surface area contributed by atoms with Gasteiger partial charge in [0.1, 0.15) is 11.5 Å². The minimum Gasteiger partial charge on any atom is -0.477 e. The summed E-state index contributed by atoms with van der Waals surface area (Å²) in [6.07, 6.45) is 1.67. The van der Waals surface area contributed by atoms with Gasteiger partial charge >= 0.3 is 5.97 Å². The molecule has 0 radical (unpaired) electrons. The summed E-state index contributed by atoms with van der Waals surface area (Å²) in [5, 5.41) is 9.81. The van der Waals surface area contributed by atoms with Crippen molar-refractivity contribution in [3.63, 3.8) is 0 Å². The van der Waals surface area contributed by atoms with Crippen molar-refractivity contribution in [3.05, 3.63) is 35.8 Å². The highest BCUT2D eigenvalue weighted by molar-refractivity contribution is 5.94. The molecule has 2 rings (SSSR count). The highest BCUT2D eigenvalue weighted by atomic mass is 19.1. The summed E-state index contributed by atoms with van der Waals surface area (Å²) in [4.78, 5) is 11.2. The van der Waals surface area contributed by atoms with Gasteiger partial charge in [0, 0.05) is 31.2 Å². The first-order valence-electron chi connectivity index (χ1n) is 6.14. The second-order valence-electron chi connectivity index (χ2n) is 4.39. The number of fused-ring (bicyclic) bond motifs is 1. The highest BCUT2D eigenvalue weighted by Crippen LogP contribution is 2.22. The van der Waals surface area contributed by atoms with Gasteiger partial charge in [0.2, 0.25) is 0 Å². The molecule has 0 amide bonds. The van der Waals surface area contributed by atoms with E-state index < -0.39 is 5.97 Å². The van der Waals surface area contributed by atoms with Crippen LogP contribution in [0.25, 0.3) is 10.9 Å². The van der Waals surface area contributed by atoms with Crippen LogP contribution in [-0.4, -0.2) is 29.4 Å². The Morgan fingerprint density at radius 3 is 2.84 bits per heavy atom. The number of methoxy groups -OCH3 is 1. The molecule has 0 bridgehead atoms. The first-order chi connectivity index (χ1) is 9.13. The van der Waals surface area contributed by atoms with Crippen molar-refractivity contribution < 1.29 is 19.0 Å². The molecule has 0 saturated carbocycles. The van der Waals surface area contributed by atoms with Gasteiger partial charge in [-0.3, -0.25) is 0 Å². The predicted octanol–water partition coefficient (Wildman–Crippen LogP) is 2.91. The molecule has 0 spiro atoms. The Morgan fingerprint density at radius 1 is 1.37 bits per heavy atom. The molecule has 0 unspecified atom stereocenters. The maximum absolute atomic E-state index is 13.2. The lowest BCUT2D eigenvalue weighted by Crippen LogP contribution is -2.09. The van der Waals surface area contributed by atoms with Crippen molar-refractivity contribution in [3.8, 4) is 0 Å². The van der Waals surface area contributed by atoms with Gasteiger partial charge in [0.25, 0.3) is 0 Å². The Hall–Kier alpha value is -1.88. The lowest BCUT2D eigenvalue weighted by atomic mass is 10.2. The molecule has 0 atom stereocenters. The normalized spacial score (nSPS) is 11.1. The standard InChI is InChI=1S/C14H16FNO3/c1-19-7-3-2-6-16-12-5-4-11(15)8-10(12)9-13(16)14(17)18/h4-5,8-9H,2-3,6-7H2,1H3,(H,17,18). The van der Waals surface area contributed by atoms with Crippen molar-refractivity contribution in [1.82, 2.24) is 4.57 Å². The highest BCUT2D eigenvalue weighted by Gasteiger charge is 2.14. The van der Waals surface area contributed by atoms with Gasteiger partial charge in [-0.1, -0.05) is 0 Å². The third-order valence-electron chi connectivity index (χ3n) is 3.06. The topological polar surface area (TPSA) is 51.5 Å². The van der Waals surface area contributed by atoms with E-state index in [1.807, 2.05) is 0 Å². The molecule has 0 saturated heterocycles. The molecule has 0 aliphatic heterocycles. The summed E-state index contributed by atoms with van der Waals surface area (Å²) in [6, 6.07) is 5.83.